The number of rotatable bonds is 4. The molecule has 5 nitrogen and oxygen atoms in total. The van der Waals surface area contributed by atoms with Gasteiger partial charge in [0, 0.05) is 24.4 Å². The summed E-state index contributed by atoms with van der Waals surface area (Å²) in [7, 11) is 0. The zero-order valence-corrected chi connectivity index (χ0v) is 16.2. The zero-order chi connectivity index (χ0) is 19.8. The first kappa shape index (κ1) is 17.6. The molecule has 2 aromatic heterocycles. The Hall–Kier alpha value is -3.51. The van der Waals surface area contributed by atoms with E-state index in [9.17, 15) is 9.59 Å². The van der Waals surface area contributed by atoms with E-state index in [1.165, 1.54) is 16.2 Å². The number of fused-ring (bicyclic) bond motifs is 1. The van der Waals surface area contributed by atoms with Crippen molar-refractivity contribution in [3.05, 3.63) is 73.1 Å². The molecule has 0 N–H and O–H groups in total. The van der Waals surface area contributed by atoms with Crippen molar-refractivity contribution >= 4 is 38.2 Å². The number of hydrogen-bond acceptors (Lipinski definition) is 5. The summed E-state index contributed by atoms with van der Waals surface area (Å²) in [5.74, 6) is 0.971. The molecule has 0 aliphatic carbocycles. The molecule has 0 atom stereocenters. The number of benzene rings is 2. The minimum Gasteiger partial charge on any atom is -0.455 e. The lowest BCUT2D eigenvalue weighted by Gasteiger charge is -2.09. The highest BCUT2D eigenvalue weighted by Crippen LogP contribution is 2.40. The zero-order valence-electron chi connectivity index (χ0n) is 15.4. The average molecular weight is 400 g/mol. The molecule has 0 unspecified atom stereocenters. The molecule has 2 amide bonds. The quantitative estimate of drug-likeness (QED) is 0.430. The molecule has 2 aromatic carbocycles. The van der Waals surface area contributed by atoms with Crippen LogP contribution in [0.3, 0.4) is 0 Å². The summed E-state index contributed by atoms with van der Waals surface area (Å²) in [6.45, 7) is 0. The van der Waals surface area contributed by atoms with Crippen LogP contribution in [0.1, 0.15) is 12.8 Å². The number of amides is 2. The molecule has 3 heterocycles. The molecule has 4 aromatic rings. The van der Waals surface area contributed by atoms with E-state index in [1.54, 1.807) is 12.4 Å². The maximum Gasteiger partial charge on any atom is 0.234 e. The number of anilines is 1. The SMILES string of the molecule is O=C1CCC(=O)N1c1cc2c(Oc3ccc(-c4ccccc4)cc3)cncc2s1. The minimum atomic E-state index is -0.159. The topological polar surface area (TPSA) is 59.5 Å². The van der Waals surface area contributed by atoms with Gasteiger partial charge in [-0.1, -0.05) is 42.5 Å². The number of pyridine rings is 1. The van der Waals surface area contributed by atoms with E-state index in [1.807, 2.05) is 48.5 Å². The van der Waals surface area contributed by atoms with Crippen molar-refractivity contribution in [1.82, 2.24) is 4.98 Å². The van der Waals surface area contributed by atoms with Gasteiger partial charge >= 0.3 is 0 Å². The first-order valence-electron chi connectivity index (χ1n) is 9.26. The fraction of sp³-hybridized carbons (Fsp3) is 0.0870. The summed E-state index contributed by atoms with van der Waals surface area (Å²) in [6, 6.07) is 19.8. The van der Waals surface area contributed by atoms with Crippen molar-refractivity contribution < 1.29 is 14.3 Å². The van der Waals surface area contributed by atoms with Gasteiger partial charge in [0.1, 0.15) is 10.8 Å². The average Bonchev–Trinajstić information content (AvgIpc) is 3.32. The van der Waals surface area contributed by atoms with Crippen LogP contribution in [0.5, 0.6) is 11.5 Å². The molecule has 1 saturated heterocycles. The lowest BCUT2D eigenvalue weighted by atomic mass is 10.1. The molecule has 0 radical (unpaired) electrons. The van der Waals surface area contributed by atoms with Crippen LogP contribution in [-0.2, 0) is 9.59 Å². The predicted octanol–water partition coefficient (Wildman–Crippen LogP) is 5.41. The van der Waals surface area contributed by atoms with Crippen LogP contribution in [0.4, 0.5) is 5.00 Å². The molecular weight excluding hydrogens is 384 g/mol. The summed E-state index contributed by atoms with van der Waals surface area (Å²) in [5, 5.41) is 1.45. The van der Waals surface area contributed by atoms with Crippen LogP contribution >= 0.6 is 11.3 Å². The molecule has 5 rings (SSSR count). The summed E-state index contributed by atoms with van der Waals surface area (Å²) >= 11 is 1.37. The molecule has 1 aliphatic rings. The highest BCUT2D eigenvalue weighted by Gasteiger charge is 2.31. The van der Waals surface area contributed by atoms with Crippen molar-refractivity contribution in [3.63, 3.8) is 0 Å². The molecule has 1 aliphatic heterocycles. The lowest BCUT2D eigenvalue weighted by molar-refractivity contribution is -0.121. The minimum absolute atomic E-state index is 0.159. The molecule has 0 spiro atoms. The second-order valence-electron chi connectivity index (χ2n) is 6.75. The second kappa shape index (κ2) is 7.14. The standard InChI is InChI=1S/C23H16N2O3S/c26-21-10-11-22(27)25(21)23-12-18-19(13-24-14-20(18)29-23)28-17-8-6-16(7-9-17)15-4-2-1-3-5-15/h1-9,12-14H,10-11H2. The van der Waals surface area contributed by atoms with Crippen molar-refractivity contribution in [1.29, 1.82) is 0 Å². The number of aromatic nitrogens is 1. The van der Waals surface area contributed by atoms with Crippen molar-refractivity contribution in [2.45, 2.75) is 12.8 Å². The third-order valence-electron chi connectivity index (χ3n) is 4.86. The van der Waals surface area contributed by atoms with E-state index in [-0.39, 0.29) is 24.7 Å². The Morgan fingerprint density at radius 1 is 0.862 bits per heavy atom. The maximum absolute atomic E-state index is 12.1. The van der Waals surface area contributed by atoms with Gasteiger partial charge in [0.2, 0.25) is 11.8 Å². The predicted molar refractivity (Wildman–Crippen MR) is 113 cm³/mol. The van der Waals surface area contributed by atoms with E-state index in [2.05, 4.69) is 17.1 Å². The fourth-order valence-corrected chi connectivity index (χ4v) is 4.49. The third-order valence-corrected chi connectivity index (χ3v) is 5.91. The normalized spacial score (nSPS) is 14.0. The summed E-state index contributed by atoms with van der Waals surface area (Å²) in [6.07, 6.45) is 3.91. The van der Waals surface area contributed by atoms with Crippen molar-refractivity contribution in [2.75, 3.05) is 4.90 Å². The highest BCUT2D eigenvalue weighted by atomic mass is 32.1. The van der Waals surface area contributed by atoms with Gasteiger partial charge in [0.25, 0.3) is 0 Å². The fourth-order valence-electron chi connectivity index (χ4n) is 3.41. The van der Waals surface area contributed by atoms with Gasteiger partial charge in [0.15, 0.2) is 5.75 Å². The van der Waals surface area contributed by atoms with E-state index < -0.39 is 0 Å². The van der Waals surface area contributed by atoms with E-state index in [0.29, 0.717) is 16.5 Å². The van der Waals surface area contributed by atoms with Crippen molar-refractivity contribution in [2.24, 2.45) is 0 Å². The van der Waals surface area contributed by atoms with Gasteiger partial charge in [-0.3, -0.25) is 14.6 Å². The van der Waals surface area contributed by atoms with E-state index in [0.717, 1.165) is 21.2 Å². The van der Waals surface area contributed by atoms with Gasteiger partial charge in [-0.05, 0) is 29.3 Å². The Kier molecular flexibility index (Phi) is 4.33. The Labute approximate surface area is 171 Å². The number of ether oxygens (including phenoxy) is 1. The smallest absolute Gasteiger partial charge is 0.234 e. The summed E-state index contributed by atoms with van der Waals surface area (Å²) < 4.78 is 6.93. The second-order valence-corrected chi connectivity index (χ2v) is 7.81. The maximum atomic E-state index is 12.1. The Bertz CT molecular complexity index is 1200. The largest absolute Gasteiger partial charge is 0.455 e. The van der Waals surface area contributed by atoms with E-state index in [4.69, 9.17) is 4.74 Å². The summed E-state index contributed by atoms with van der Waals surface area (Å²) in [4.78, 5) is 29.6. The van der Waals surface area contributed by atoms with Gasteiger partial charge in [-0.15, -0.1) is 11.3 Å². The molecule has 0 saturated carbocycles. The van der Waals surface area contributed by atoms with Crippen LogP contribution in [0, 0.1) is 0 Å². The Balaban J connectivity index is 1.45. The Morgan fingerprint density at radius 2 is 1.55 bits per heavy atom. The first-order valence-corrected chi connectivity index (χ1v) is 10.1. The number of carbonyl (C=O) groups excluding carboxylic acids is 2. The van der Waals surface area contributed by atoms with Crippen LogP contribution in [0.25, 0.3) is 21.2 Å². The van der Waals surface area contributed by atoms with E-state index >= 15 is 0 Å². The first-order chi connectivity index (χ1) is 14.2. The van der Waals surface area contributed by atoms with Crippen LogP contribution in [0.2, 0.25) is 0 Å². The van der Waals surface area contributed by atoms with Gasteiger partial charge in [-0.2, -0.15) is 0 Å². The molecule has 1 fully saturated rings. The van der Waals surface area contributed by atoms with Gasteiger partial charge in [0.05, 0.1) is 10.9 Å². The number of hydrogen-bond donors (Lipinski definition) is 0. The number of nitrogens with zero attached hydrogens (tertiary/aromatic N) is 2. The lowest BCUT2D eigenvalue weighted by Crippen LogP contribution is -2.27. The van der Waals surface area contributed by atoms with Gasteiger partial charge < -0.3 is 4.74 Å². The van der Waals surface area contributed by atoms with Gasteiger partial charge in [-0.25, -0.2) is 4.90 Å². The molecule has 142 valence electrons. The monoisotopic (exact) mass is 400 g/mol. The third kappa shape index (κ3) is 3.28. The van der Waals surface area contributed by atoms with Crippen LogP contribution < -0.4 is 9.64 Å². The molecule has 29 heavy (non-hydrogen) atoms. The molecular formula is C23H16N2O3S. The van der Waals surface area contributed by atoms with Crippen LogP contribution in [-0.4, -0.2) is 16.8 Å². The summed E-state index contributed by atoms with van der Waals surface area (Å²) in [5.41, 5.74) is 2.25. The van der Waals surface area contributed by atoms with Crippen molar-refractivity contribution in [3.8, 4) is 22.6 Å². The highest BCUT2D eigenvalue weighted by molar-refractivity contribution is 7.23. The number of imide groups is 1. The Morgan fingerprint density at radius 3 is 2.28 bits per heavy atom. The number of carbonyl (C=O) groups is 2. The van der Waals surface area contributed by atoms with Crippen LogP contribution in [0.15, 0.2) is 73.1 Å². The molecule has 0 bridgehead atoms. The molecule has 6 heteroatoms. The number of thiophene rings is 1.